The molecule has 3 N–H and O–H groups in total. The van der Waals surface area contributed by atoms with Crippen molar-refractivity contribution in [2.24, 2.45) is 5.73 Å². The summed E-state index contributed by atoms with van der Waals surface area (Å²) in [7, 11) is 0. The van der Waals surface area contributed by atoms with Gasteiger partial charge in [0, 0.05) is 12.4 Å². The molecule has 2 heterocycles. The van der Waals surface area contributed by atoms with Gasteiger partial charge in [0.05, 0.1) is 6.20 Å². The number of hydrogen-bond donors (Lipinski definition) is 2. The van der Waals surface area contributed by atoms with Crippen LogP contribution in [-0.4, -0.2) is 31.8 Å². The molecule has 0 fully saturated rings. The summed E-state index contributed by atoms with van der Waals surface area (Å²) >= 11 is 0. The molecule has 0 unspecified atom stereocenters. The minimum atomic E-state index is -0.831. The van der Waals surface area contributed by atoms with Crippen LogP contribution in [0, 0.1) is 0 Å². The van der Waals surface area contributed by atoms with Crippen molar-refractivity contribution >= 4 is 0 Å². The maximum absolute atomic E-state index is 9.57. The van der Waals surface area contributed by atoms with Gasteiger partial charge in [-0.3, -0.25) is 4.98 Å². The summed E-state index contributed by atoms with van der Waals surface area (Å²) in [5, 5.41) is 13.3. The third-order valence-electron chi connectivity index (χ3n) is 1.96. The van der Waals surface area contributed by atoms with Crippen molar-refractivity contribution in [1.29, 1.82) is 0 Å². The van der Waals surface area contributed by atoms with E-state index in [9.17, 15) is 5.11 Å². The number of aliphatic hydroxyl groups is 1. The van der Waals surface area contributed by atoms with Gasteiger partial charge in [-0.05, 0) is 13.0 Å². The molecule has 0 radical (unpaired) electrons. The SMILES string of the molecule is NCC[C@H](O)c1nc(-c2cnccn2)no1. The average molecular weight is 221 g/mol. The van der Waals surface area contributed by atoms with Crippen molar-refractivity contribution in [2.75, 3.05) is 6.54 Å². The van der Waals surface area contributed by atoms with Crippen LogP contribution in [0.25, 0.3) is 11.5 Å². The Bertz CT molecular complexity index is 444. The zero-order valence-corrected chi connectivity index (χ0v) is 8.45. The Kier molecular flexibility index (Phi) is 3.18. The van der Waals surface area contributed by atoms with Crippen LogP contribution in [0.5, 0.6) is 0 Å². The number of nitrogens with zero attached hydrogens (tertiary/aromatic N) is 4. The lowest BCUT2D eigenvalue weighted by Crippen LogP contribution is -2.06. The Morgan fingerprint density at radius 3 is 3.00 bits per heavy atom. The van der Waals surface area contributed by atoms with Crippen molar-refractivity contribution in [3.63, 3.8) is 0 Å². The van der Waals surface area contributed by atoms with E-state index in [-0.39, 0.29) is 5.89 Å². The molecular formula is C9H11N5O2. The number of rotatable bonds is 4. The molecule has 0 saturated heterocycles. The molecule has 0 aliphatic carbocycles. The van der Waals surface area contributed by atoms with Crippen molar-refractivity contribution < 1.29 is 9.63 Å². The fourth-order valence-electron chi connectivity index (χ4n) is 1.17. The summed E-state index contributed by atoms with van der Waals surface area (Å²) in [6.45, 7) is 0.351. The molecule has 84 valence electrons. The van der Waals surface area contributed by atoms with Crippen LogP contribution in [0.4, 0.5) is 0 Å². The molecule has 7 heteroatoms. The van der Waals surface area contributed by atoms with Gasteiger partial charge in [0.15, 0.2) is 0 Å². The Labute approximate surface area is 91.3 Å². The van der Waals surface area contributed by atoms with Gasteiger partial charge >= 0.3 is 0 Å². The predicted molar refractivity (Wildman–Crippen MR) is 54.0 cm³/mol. The quantitative estimate of drug-likeness (QED) is 0.741. The maximum atomic E-state index is 9.57. The summed E-state index contributed by atoms with van der Waals surface area (Å²) in [6.07, 6.45) is 4.14. The minimum absolute atomic E-state index is 0.145. The highest BCUT2D eigenvalue weighted by molar-refractivity contribution is 5.45. The van der Waals surface area contributed by atoms with Gasteiger partial charge in [-0.15, -0.1) is 0 Å². The van der Waals surface area contributed by atoms with E-state index in [1.165, 1.54) is 12.4 Å². The minimum Gasteiger partial charge on any atom is -0.383 e. The highest BCUT2D eigenvalue weighted by Crippen LogP contribution is 2.17. The van der Waals surface area contributed by atoms with Gasteiger partial charge in [-0.25, -0.2) is 4.98 Å². The topological polar surface area (TPSA) is 111 Å². The highest BCUT2D eigenvalue weighted by Gasteiger charge is 2.16. The van der Waals surface area contributed by atoms with Gasteiger partial charge in [-0.1, -0.05) is 5.16 Å². The zero-order valence-electron chi connectivity index (χ0n) is 8.45. The van der Waals surface area contributed by atoms with Crippen LogP contribution < -0.4 is 5.73 Å². The van der Waals surface area contributed by atoms with Gasteiger partial charge in [0.2, 0.25) is 5.82 Å². The fraction of sp³-hybridized carbons (Fsp3) is 0.333. The van der Waals surface area contributed by atoms with Crippen LogP contribution in [0.3, 0.4) is 0 Å². The fourth-order valence-corrected chi connectivity index (χ4v) is 1.17. The van der Waals surface area contributed by atoms with Crippen molar-refractivity contribution in [3.8, 4) is 11.5 Å². The number of aliphatic hydroxyl groups excluding tert-OH is 1. The first-order valence-electron chi connectivity index (χ1n) is 4.79. The molecule has 2 rings (SSSR count). The molecule has 0 bridgehead atoms. The van der Waals surface area contributed by atoms with Gasteiger partial charge < -0.3 is 15.4 Å². The largest absolute Gasteiger partial charge is 0.383 e. The van der Waals surface area contributed by atoms with E-state index < -0.39 is 6.10 Å². The van der Waals surface area contributed by atoms with Crippen molar-refractivity contribution in [1.82, 2.24) is 20.1 Å². The monoisotopic (exact) mass is 221 g/mol. The molecule has 16 heavy (non-hydrogen) atoms. The Balaban J connectivity index is 2.20. The summed E-state index contributed by atoms with van der Waals surface area (Å²) in [4.78, 5) is 11.9. The standard InChI is InChI=1S/C9H11N5O2/c10-2-1-7(15)9-13-8(14-16-9)6-5-11-3-4-12-6/h3-5,7,15H,1-2,10H2/t7-/m0/s1. The van der Waals surface area contributed by atoms with Crippen LogP contribution >= 0.6 is 0 Å². The smallest absolute Gasteiger partial charge is 0.255 e. The third kappa shape index (κ3) is 2.20. The second kappa shape index (κ2) is 4.77. The summed E-state index contributed by atoms with van der Waals surface area (Å²) < 4.78 is 4.90. The van der Waals surface area contributed by atoms with E-state index >= 15 is 0 Å². The molecule has 0 amide bonds. The molecule has 2 aromatic rings. The molecule has 0 aromatic carbocycles. The molecule has 2 aromatic heterocycles. The van der Waals surface area contributed by atoms with Crippen molar-refractivity contribution in [3.05, 3.63) is 24.5 Å². The van der Waals surface area contributed by atoms with E-state index in [4.69, 9.17) is 10.3 Å². The Morgan fingerprint density at radius 1 is 1.44 bits per heavy atom. The predicted octanol–water partition coefficient (Wildman–Crippen LogP) is -0.0912. The van der Waals surface area contributed by atoms with E-state index in [2.05, 4.69) is 20.1 Å². The first-order chi connectivity index (χ1) is 7.81. The first-order valence-corrected chi connectivity index (χ1v) is 4.79. The van der Waals surface area contributed by atoms with Gasteiger partial charge in [0.1, 0.15) is 11.8 Å². The zero-order chi connectivity index (χ0) is 11.4. The maximum Gasteiger partial charge on any atom is 0.255 e. The lowest BCUT2D eigenvalue weighted by atomic mass is 10.2. The lowest BCUT2D eigenvalue weighted by molar-refractivity contribution is 0.127. The molecule has 0 aliphatic heterocycles. The van der Waals surface area contributed by atoms with E-state index in [1.807, 2.05) is 0 Å². The number of hydrogen-bond acceptors (Lipinski definition) is 7. The molecule has 0 aliphatic rings. The van der Waals surface area contributed by atoms with E-state index in [1.54, 1.807) is 6.20 Å². The van der Waals surface area contributed by atoms with Crippen LogP contribution in [0.15, 0.2) is 23.1 Å². The van der Waals surface area contributed by atoms with Gasteiger partial charge in [0.25, 0.3) is 5.89 Å². The van der Waals surface area contributed by atoms with Crippen LogP contribution in [0.1, 0.15) is 18.4 Å². The normalized spacial score (nSPS) is 12.6. The molecular weight excluding hydrogens is 210 g/mol. The Hall–Kier alpha value is -1.86. The summed E-state index contributed by atoms with van der Waals surface area (Å²) in [5.74, 6) is 0.449. The van der Waals surface area contributed by atoms with Crippen LogP contribution in [-0.2, 0) is 0 Å². The highest BCUT2D eigenvalue weighted by atomic mass is 16.5. The average Bonchev–Trinajstić information content (AvgIpc) is 2.80. The first kappa shape index (κ1) is 10.7. The van der Waals surface area contributed by atoms with Crippen LogP contribution in [0.2, 0.25) is 0 Å². The number of aromatic nitrogens is 4. The lowest BCUT2D eigenvalue weighted by Gasteiger charge is -2.00. The second-order valence-corrected chi connectivity index (χ2v) is 3.14. The second-order valence-electron chi connectivity index (χ2n) is 3.14. The summed E-state index contributed by atoms with van der Waals surface area (Å²) in [6, 6.07) is 0. The molecule has 7 nitrogen and oxygen atoms in total. The third-order valence-corrected chi connectivity index (χ3v) is 1.96. The summed E-state index contributed by atoms with van der Waals surface area (Å²) in [5.41, 5.74) is 5.81. The molecule has 0 saturated carbocycles. The Morgan fingerprint density at radius 2 is 2.31 bits per heavy atom. The van der Waals surface area contributed by atoms with Crippen molar-refractivity contribution in [2.45, 2.75) is 12.5 Å². The molecule has 0 spiro atoms. The molecule has 1 atom stereocenters. The van der Waals surface area contributed by atoms with E-state index in [0.717, 1.165) is 0 Å². The van der Waals surface area contributed by atoms with E-state index in [0.29, 0.717) is 24.5 Å². The van der Waals surface area contributed by atoms with Gasteiger partial charge in [-0.2, -0.15) is 4.98 Å². The number of nitrogens with two attached hydrogens (primary N) is 1.